The van der Waals surface area contributed by atoms with Crippen LogP contribution in [0.3, 0.4) is 0 Å². The van der Waals surface area contributed by atoms with E-state index in [0.717, 1.165) is 5.69 Å². The van der Waals surface area contributed by atoms with Gasteiger partial charge in [-0.1, -0.05) is 0 Å². The summed E-state index contributed by atoms with van der Waals surface area (Å²) >= 11 is 1.47. The zero-order chi connectivity index (χ0) is 12.7. The first kappa shape index (κ1) is 14.0. The molecule has 6 heteroatoms. The summed E-state index contributed by atoms with van der Waals surface area (Å²) < 4.78 is 4.56. The van der Waals surface area contributed by atoms with Crippen LogP contribution < -0.4 is 0 Å². The van der Waals surface area contributed by atoms with Gasteiger partial charge in [-0.2, -0.15) is 11.8 Å². The lowest BCUT2D eigenvalue weighted by molar-refractivity contribution is 0.0600. The summed E-state index contributed by atoms with van der Waals surface area (Å²) in [5.74, 6) is 0.669. The van der Waals surface area contributed by atoms with E-state index < -0.39 is 12.1 Å². The van der Waals surface area contributed by atoms with Crippen LogP contribution >= 0.6 is 11.8 Å². The molecular weight excluding hydrogens is 242 g/mol. The Balaban J connectivity index is 2.43. The van der Waals surface area contributed by atoms with Crippen molar-refractivity contribution in [3.63, 3.8) is 0 Å². The Morgan fingerprint density at radius 3 is 2.88 bits per heavy atom. The van der Waals surface area contributed by atoms with Crippen molar-refractivity contribution >= 4 is 17.7 Å². The second-order valence-electron chi connectivity index (χ2n) is 3.38. The van der Waals surface area contributed by atoms with Crippen LogP contribution in [0.2, 0.25) is 0 Å². The maximum absolute atomic E-state index is 11.1. The molecule has 0 fully saturated rings. The number of methoxy groups -OCH3 is 1. The molecule has 2 N–H and O–H groups in total. The Labute approximate surface area is 104 Å². The van der Waals surface area contributed by atoms with Gasteiger partial charge in [0.25, 0.3) is 0 Å². The van der Waals surface area contributed by atoms with Gasteiger partial charge >= 0.3 is 5.97 Å². The number of carbonyl (C=O) groups excluding carboxylic acids is 1. The summed E-state index contributed by atoms with van der Waals surface area (Å²) in [6.45, 7) is -0.234. The summed E-state index contributed by atoms with van der Waals surface area (Å²) in [5, 5.41) is 17.8. The lowest BCUT2D eigenvalue weighted by Gasteiger charge is -2.06. The minimum absolute atomic E-state index is 0.234. The monoisotopic (exact) mass is 257 g/mol. The van der Waals surface area contributed by atoms with Crippen molar-refractivity contribution < 1.29 is 19.7 Å². The van der Waals surface area contributed by atoms with E-state index in [1.165, 1.54) is 25.1 Å². The molecule has 5 nitrogen and oxygen atoms in total. The third kappa shape index (κ3) is 4.72. The molecule has 0 amide bonds. The topological polar surface area (TPSA) is 79.7 Å². The molecule has 0 aliphatic carbocycles. The van der Waals surface area contributed by atoms with Crippen LogP contribution in [0, 0.1) is 0 Å². The normalized spacial score (nSPS) is 12.2. The van der Waals surface area contributed by atoms with Gasteiger partial charge < -0.3 is 14.9 Å². The molecule has 0 aliphatic rings. The van der Waals surface area contributed by atoms with Gasteiger partial charge in [0.05, 0.1) is 31.1 Å². The minimum Gasteiger partial charge on any atom is -0.465 e. The quantitative estimate of drug-likeness (QED) is 0.720. The van der Waals surface area contributed by atoms with Crippen LogP contribution in [0.15, 0.2) is 18.3 Å². The summed E-state index contributed by atoms with van der Waals surface area (Å²) in [4.78, 5) is 15.2. The van der Waals surface area contributed by atoms with Gasteiger partial charge in [0, 0.05) is 17.7 Å². The van der Waals surface area contributed by atoms with E-state index in [-0.39, 0.29) is 6.61 Å². The number of nitrogens with zero attached hydrogens (tertiary/aromatic N) is 1. The number of thioether (sulfide) groups is 1. The molecule has 0 spiro atoms. The third-order valence-corrected chi connectivity index (χ3v) is 3.14. The van der Waals surface area contributed by atoms with E-state index in [0.29, 0.717) is 17.1 Å². The first-order chi connectivity index (χ1) is 8.17. The Morgan fingerprint density at radius 2 is 2.35 bits per heavy atom. The van der Waals surface area contributed by atoms with Gasteiger partial charge in [0.15, 0.2) is 0 Å². The second kappa shape index (κ2) is 7.26. The maximum Gasteiger partial charge on any atom is 0.339 e. The highest BCUT2D eigenvalue weighted by Gasteiger charge is 2.06. The molecule has 1 aromatic rings. The standard InChI is InChI=1S/C11H15NO4S/c1-16-11(15)8-2-3-9(12-4-8)6-17-7-10(14)5-13/h2-4,10,13-14H,5-7H2,1H3. The van der Waals surface area contributed by atoms with E-state index >= 15 is 0 Å². The highest BCUT2D eigenvalue weighted by Crippen LogP contribution is 2.12. The largest absolute Gasteiger partial charge is 0.465 e. The highest BCUT2D eigenvalue weighted by molar-refractivity contribution is 7.98. The molecular formula is C11H15NO4S. The molecule has 0 saturated heterocycles. The molecule has 1 rings (SSSR count). The lowest BCUT2D eigenvalue weighted by atomic mass is 10.2. The second-order valence-corrected chi connectivity index (χ2v) is 4.41. The van der Waals surface area contributed by atoms with Crippen molar-refractivity contribution in [2.75, 3.05) is 19.5 Å². The van der Waals surface area contributed by atoms with E-state index in [1.807, 2.05) is 0 Å². The van der Waals surface area contributed by atoms with Crippen molar-refractivity contribution in [2.24, 2.45) is 0 Å². The predicted octanol–water partition coefficient (Wildman–Crippen LogP) is 0.455. The van der Waals surface area contributed by atoms with E-state index in [4.69, 9.17) is 10.2 Å². The number of carbonyl (C=O) groups is 1. The van der Waals surface area contributed by atoms with Crippen molar-refractivity contribution in [2.45, 2.75) is 11.9 Å². The van der Waals surface area contributed by atoms with Gasteiger partial charge in [-0.25, -0.2) is 4.79 Å². The zero-order valence-electron chi connectivity index (χ0n) is 9.50. The van der Waals surface area contributed by atoms with Gasteiger partial charge in [-0.15, -0.1) is 0 Å². The number of aromatic nitrogens is 1. The summed E-state index contributed by atoms with van der Waals surface area (Å²) in [6, 6.07) is 3.39. The van der Waals surface area contributed by atoms with E-state index in [1.54, 1.807) is 12.1 Å². The maximum atomic E-state index is 11.1. The fourth-order valence-electron chi connectivity index (χ4n) is 1.10. The SMILES string of the molecule is COC(=O)c1ccc(CSCC(O)CO)nc1. The highest BCUT2D eigenvalue weighted by atomic mass is 32.2. The molecule has 0 aliphatic heterocycles. The fraction of sp³-hybridized carbons (Fsp3) is 0.455. The third-order valence-electron chi connectivity index (χ3n) is 2.02. The van der Waals surface area contributed by atoms with Crippen LogP contribution in [0.4, 0.5) is 0 Å². The average molecular weight is 257 g/mol. The van der Waals surface area contributed by atoms with Crippen LogP contribution in [0.1, 0.15) is 16.1 Å². The van der Waals surface area contributed by atoms with Crippen LogP contribution in [0.5, 0.6) is 0 Å². The van der Waals surface area contributed by atoms with Crippen molar-refractivity contribution in [1.82, 2.24) is 4.98 Å². The molecule has 0 saturated carbocycles. The number of esters is 1. The number of aliphatic hydroxyl groups excluding tert-OH is 2. The first-order valence-electron chi connectivity index (χ1n) is 5.07. The zero-order valence-corrected chi connectivity index (χ0v) is 10.3. The first-order valence-corrected chi connectivity index (χ1v) is 6.22. The average Bonchev–Trinajstić information content (AvgIpc) is 2.38. The van der Waals surface area contributed by atoms with Crippen molar-refractivity contribution in [3.05, 3.63) is 29.6 Å². The van der Waals surface area contributed by atoms with Gasteiger partial charge in [-0.05, 0) is 12.1 Å². The summed E-state index contributed by atoms with van der Waals surface area (Å²) in [6.07, 6.45) is 0.763. The summed E-state index contributed by atoms with van der Waals surface area (Å²) in [5.41, 5.74) is 1.23. The minimum atomic E-state index is -0.700. The van der Waals surface area contributed by atoms with Crippen molar-refractivity contribution in [3.8, 4) is 0 Å². The molecule has 1 atom stereocenters. The Hall–Kier alpha value is -1.11. The number of aliphatic hydroxyl groups is 2. The summed E-state index contributed by atoms with van der Waals surface area (Å²) in [7, 11) is 1.32. The Morgan fingerprint density at radius 1 is 1.59 bits per heavy atom. The predicted molar refractivity (Wildman–Crippen MR) is 64.8 cm³/mol. The Bertz CT molecular complexity index is 355. The smallest absolute Gasteiger partial charge is 0.339 e. The van der Waals surface area contributed by atoms with E-state index in [9.17, 15) is 4.79 Å². The molecule has 17 heavy (non-hydrogen) atoms. The molecule has 1 aromatic heterocycles. The number of ether oxygens (including phenoxy) is 1. The van der Waals surface area contributed by atoms with Crippen LogP contribution in [-0.2, 0) is 10.5 Å². The number of pyridine rings is 1. The molecule has 94 valence electrons. The van der Waals surface area contributed by atoms with Gasteiger partial charge in [-0.3, -0.25) is 4.98 Å². The molecule has 0 aromatic carbocycles. The van der Waals surface area contributed by atoms with Crippen LogP contribution in [-0.4, -0.2) is 46.7 Å². The van der Waals surface area contributed by atoms with E-state index in [2.05, 4.69) is 9.72 Å². The number of rotatable bonds is 6. The molecule has 1 unspecified atom stereocenters. The lowest BCUT2D eigenvalue weighted by Crippen LogP contribution is -2.14. The van der Waals surface area contributed by atoms with Gasteiger partial charge in [0.1, 0.15) is 0 Å². The molecule has 0 radical (unpaired) electrons. The Kier molecular flexibility index (Phi) is 5.96. The molecule has 0 bridgehead atoms. The van der Waals surface area contributed by atoms with Gasteiger partial charge in [0.2, 0.25) is 0 Å². The number of hydrogen-bond donors (Lipinski definition) is 2. The fourth-order valence-corrected chi connectivity index (χ4v) is 1.98. The van der Waals surface area contributed by atoms with Crippen LogP contribution in [0.25, 0.3) is 0 Å². The van der Waals surface area contributed by atoms with Crippen molar-refractivity contribution in [1.29, 1.82) is 0 Å². The number of hydrogen-bond acceptors (Lipinski definition) is 6. The molecule has 1 heterocycles.